The van der Waals surface area contributed by atoms with E-state index in [0.717, 1.165) is 16.8 Å². The molecule has 2 heterocycles. The van der Waals surface area contributed by atoms with Crippen molar-refractivity contribution < 1.29 is 0 Å². The van der Waals surface area contributed by atoms with Crippen LogP contribution in [0.4, 0.5) is 5.69 Å². The first-order valence-electron chi connectivity index (χ1n) is 7.36. The van der Waals surface area contributed by atoms with Gasteiger partial charge in [-0.15, -0.1) is 0 Å². The minimum Gasteiger partial charge on any atom is -0.333 e. The zero-order valence-corrected chi connectivity index (χ0v) is 14.3. The van der Waals surface area contributed by atoms with Crippen LogP contribution in [-0.4, -0.2) is 26.1 Å². The molecule has 2 aliphatic heterocycles. The van der Waals surface area contributed by atoms with Crippen molar-refractivity contribution >= 4 is 28.3 Å². The summed E-state index contributed by atoms with van der Waals surface area (Å²) in [5, 5.41) is 0.403. The van der Waals surface area contributed by atoms with Gasteiger partial charge in [0, 0.05) is 19.3 Å². The van der Waals surface area contributed by atoms with Crippen molar-refractivity contribution in [1.29, 1.82) is 0 Å². The fourth-order valence-corrected chi connectivity index (χ4v) is 3.01. The number of aromatic amines is 1. The van der Waals surface area contributed by atoms with E-state index in [4.69, 9.17) is 11.6 Å². The number of benzene rings is 1. The first-order chi connectivity index (χ1) is 11.3. The molecule has 0 amide bonds. The van der Waals surface area contributed by atoms with Crippen LogP contribution in [0.5, 0.6) is 0 Å². The highest BCUT2D eigenvalue weighted by Gasteiger charge is 2.19. The highest BCUT2D eigenvalue weighted by molar-refractivity contribution is 6.30. The predicted molar refractivity (Wildman–Crippen MR) is 94.8 cm³/mol. The van der Waals surface area contributed by atoms with Crippen LogP contribution in [0.15, 0.2) is 33.5 Å². The molecule has 24 heavy (non-hydrogen) atoms. The van der Waals surface area contributed by atoms with Gasteiger partial charge in [-0.1, -0.05) is 18.2 Å². The van der Waals surface area contributed by atoms with E-state index in [1.165, 1.54) is 0 Å². The topological polar surface area (TPSA) is 83.9 Å². The number of nitrogens with one attached hydrogen (secondary N) is 1. The SMILES string of the molecule is C=C(Cl)N(CC)c1cc2nc3c(=O)[nH]c(=O)nc-3n(C)c2cc1C. The second-order valence-corrected chi connectivity index (χ2v) is 5.90. The Kier molecular flexibility index (Phi) is 3.88. The molecule has 1 aromatic carbocycles. The number of fused-ring (bicyclic) bond motifs is 2. The molecule has 7 nitrogen and oxygen atoms in total. The smallest absolute Gasteiger partial charge is 0.333 e. The number of halogens is 1. The van der Waals surface area contributed by atoms with Gasteiger partial charge in [0.1, 0.15) is 5.16 Å². The van der Waals surface area contributed by atoms with Crippen molar-refractivity contribution in [1.82, 2.24) is 19.5 Å². The highest BCUT2D eigenvalue weighted by Crippen LogP contribution is 2.30. The van der Waals surface area contributed by atoms with Crippen molar-refractivity contribution in [3.05, 3.63) is 50.3 Å². The van der Waals surface area contributed by atoms with Gasteiger partial charge in [-0.25, -0.2) is 9.78 Å². The fraction of sp³-hybridized carbons (Fsp3) is 0.250. The zero-order valence-electron chi connectivity index (χ0n) is 13.6. The summed E-state index contributed by atoms with van der Waals surface area (Å²) < 4.78 is 1.69. The van der Waals surface area contributed by atoms with Crippen LogP contribution in [0.25, 0.3) is 22.6 Å². The molecule has 0 bridgehead atoms. The second kappa shape index (κ2) is 5.76. The first-order valence-corrected chi connectivity index (χ1v) is 7.74. The molecule has 3 rings (SSSR count). The number of aryl methyl sites for hydroxylation is 2. The predicted octanol–water partition coefficient (Wildman–Crippen LogP) is 1.97. The van der Waals surface area contributed by atoms with Gasteiger partial charge in [0.15, 0.2) is 11.5 Å². The number of anilines is 1. The number of aromatic nitrogens is 4. The van der Waals surface area contributed by atoms with E-state index < -0.39 is 11.2 Å². The Balaban J connectivity index is 2.41. The molecular formula is C16H16ClN5O2. The number of hydrogen-bond donors (Lipinski definition) is 1. The third kappa shape index (κ3) is 2.46. The molecule has 2 aliphatic rings. The van der Waals surface area contributed by atoms with E-state index in [1.54, 1.807) is 11.6 Å². The lowest BCUT2D eigenvalue weighted by Crippen LogP contribution is -2.28. The minimum absolute atomic E-state index is 0.118. The molecule has 0 radical (unpaired) electrons. The maximum Gasteiger partial charge on any atom is 0.349 e. The Morgan fingerprint density at radius 2 is 2.08 bits per heavy atom. The van der Waals surface area contributed by atoms with Gasteiger partial charge in [-0.2, -0.15) is 4.98 Å². The van der Waals surface area contributed by atoms with Crippen LogP contribution in [0.1, 0.15) is 12.5 Å². The molecule has 0 saturated heterocycles. The molecule has 1 aromatic rings. The van der Waals surface area contributed by atoms with Gasteiger partial charge < -0.3 is 9.47 Å². The first kappa shape index (κ1) is 16.2. The number of H-pyrrole nitrogens is 1. The van der Waals surface area contributed by atoms with E-state index >= 15 is 0 Å². The van der Waals surface area contributed by atoms with Crippen molar-refractivity contribution in [3.63, 3.8) is 0 Å². The summed E-state index contributed by atoms with van der Waals surface area (Å²) in [5.74, 6) is 0.248. The number of rotatable bonds is 3. The summed E-state index contributed by atoms with van der Waals surface area (Å²) >= 11 is 6.08. The third-order valence-corrected chi connectivity index (χ3v) is 4.16. The lowest BCUT2D eigenvalue weighted by Gasteiger charge is -2.24. The second-order valence-electron chi connectivity index (χ2n) is 5.46. The molecule has 124 valence electrons. The van der Waals surface area contributed by atoms with Gasteiger partial charge in [0.05, 0.1) is 11.0 Å². The van der Waals surface area contributed by atoms with Crippen LogP contribution in [0, 0.1) is 6.92 Å². The Morgan fingerprint density at radius 3 is 2.71 bits per heavy atom. The van der Waals surface area contributed by atoms with E-state index in [-0.39, 0.29) is 11.5 Å². The summed E-state index contributed by atoms with van der Waals surface area (Å²) in [6, 6.07) is 3.78. The standard InChI is InChI=1S/C16H16ClN5O2/c1-5-22(9(3)17)11-7-10-12(6-8(11)2)21(4)14-13(18-10)15(23)20-16(24)19-14/h6-7H,3,5H2,1-2,4H3,(H,20,23,24). The summed E-state index contributed by atoms with van der Waals surface area (Å²) in [6.45, 7) is 8.35. The average molecular weight is 346 g/mol. The van der Waals surface area contributed by atoms with Crippen molar-refractivity contribution in [2.45, 2.75) is 13.8 Å². The van der Waals surface area contributed by atoms with E-state index in [2.05, 4.69) is 21.5 Å². The monoisotopic (exact) mass is 345 g/mol. The van der Waals surface area contributed by atoms with Crippen LogP contribution in [0.3, 0.4) is 0 Å². The van der Waals surface area contributed by atoms with Crippen molar-refractivity contribution in [3.8, 4) is 11.5 Å². The Bertz CT molecular complexity index is 1050. The summed E-state index contributed by atoms with van der Waals surface area (Å²) in [7, 11) is 1.75. The summed E-state index contributed by atoms with van der Waals surface area (Å²) in [5.41, 5.74) is 2.07. The van der Waals surface area contributed by atoms with E-state index in [1.807, 2.05) is 30.9 Å². The quantitative estimate of drug-likeness (QED) is 0.579. The molecule has 1 N–H and O–H groups in total. The van der Waals surface area contributed by atoms with Crippen LogP contribution in [-0.2, 0) is 7.05 Å². The van der Waals surface area contributed by atoms with Gasteiger partial charge >= 0.3 is 5.69 Å². The van der Waals surface area contributed by atoms with Crippen LogP contribution >= 0.6 is 11.6 Å². The lowest BCUT2D eigenvalue weighted by molar-refractivity contribution is 0.869. The van der Waals surface area contributed by atoms with Gasteiger partial charge in [0.25, 0.3) is 5.56 Å². The van der Waals surface area contributed by atoms with Crippen molar-refractivity contribution in [2.24, 2.45) is 7.05 Å². The lowest BCUT2D eigenvalue weighted by atomic mass is 10.1. The molecule has 0 fully saturated rings. The third-order valence-electron chi connectivity index (χ3n) is 3.96. The van der Waals surface area contributed by atoms with Gasteiger partial charge in [0.2, 0.25) is 0 Å². The maximum absolute atomic E-state index is 12.0. The van der Waals surface area contributed by atoms with Gasteiger partial charge in [-0.3, -0.25) is 9.78 Å². The minimum atomic E-state index is -0.687. The summed E-state index contributed by atoms with van der Waals surface area (Å²) in [4.78, 5) is 35.8. The fourth-order valence-electron chi connectivity index (χ4n) is 2.80. The molecule has 0 aromatic heterocycles. The van der Waals surface area contributed by atoms with Crippen LogP contribution in [0.2, 0.25) is 0 Å². The molecule has 8 heteroatoms. The Morgan fingerprint density at radius 1 is 1.38 bits per heavy atom. The normalized spacial score (nSPS) is 11.2. The summed E-state index contributed by atoms with van der Waals surface area (Å²) in [6.07, 6.45) is 0. The Hall–Kier alpha value is -2.67. The van der Waals surface area contributed by atoms with E-state index in [9.17, 15) is 9.59 Å². The van der Waals surface area contributed by atoms with Crippen molar-refractivity contribution in [2.75, 3.05) is 11.4 Å². The zero-order chi connectivity index (χ0) is 17.6. The largest absolute Gasteiger partial charge is 0.349 e. The van der Waals surface area contributed by atoms with Gasteiger partial charge in [-0.05, 0) is 31.5 Å². The molecule has 0 unspecified atom stereocenters. The molecule has 0 aliphatic carbocycles. The molecule has 0 atom stereocenters. The maximum atomic E-state index is 12.0. The molecule has 0 saturated carbocycles. The van der Waals surface area contributed by atoms with Crippen LogP contribution < -0.4 is 16.1 Å². The molecular weight excluding hydrogens is 330 g/mol. The van der Waals surface area contributed by atoms with E-state index in [0.29, 0.717) is 17.2 Å². The number of nitrogens with zero attached hydrogens (tertiary/aromatic N) is 4. The highest BCUT2D eigenvalue weighted by atomic mass is 35.5. The average Bonchev–Trinajstić information content (AvgIpc) is 2.50. The Labute approximate surface area is 142 Å². The molecule has 0 spiro atoms. The number of hydrogen-bond acceptors (Lipinski definition) is 5.